The summed E-state index contributed by atoms with van der Waals surface area (Å²) in [6.07, 6.45) is 0.801. The Labute approximate surface area is 130 Å². The number of aromatic nitrogens is 2. The summed E-state index contributed by atoms with van der Waals surface area (Å²) in [6, 6.07) is 1.16. The Hall–Kier alpha value is -2.98. The molecule has 2 rings (SSSR count). The molecule has 0 aliphatic carbocycles. The van der Waals surface area contributed by atoms with Crippen LogP contribution in [0.25, 0.3) is 0 Å². The maximum absolute atomic E-state index is 13.4. The zero-order valence-corrected chi connectivity index (χ0v) is 11.6. The van der Waals surface area contributed by atoms with Crippen LogP contribution in [0.1, 0.15) is 16.9 Å². The summed E-state index contributed by atoms with van der Waals surface area (Å²) >= 11 is 0. The van der Waals surface area contributed by atoms with Crippen LogP contribution >= 0.6 is 0 Å². The second-order valence-corrected chi connectivity index (χ2v) is 4.51. The molecule has 0 unspecified atom stereocenters. The predicted molar refractivity (Wildman–Crippen MR) is 68.7 cm³/mol. The quantitative estimate of drug-likeness (QED) is 0.493. The van der Waals surface area contributed by atoms with Gasteiger partial charge in [0.1, 0.15) is 5.69 Å². The molecular formula is C13H8F5N3O3. The molecular weight excluding hydrogens is 341 g/mol. The first-order chi connectivity index (χ1) is 11.2. The number of rotatable bonds is 5. The number of carbonyl (C=O) groups excluding carboxylic acids is 1. The average molecular weight is 349 g/mol. The molecule has 1 aromatic carbocycles. The molecule has 24 heavy (non-hydrogen) atoms. The number of nitrogens with one attached hydrogen (secondary N) is 1. The molecule has 2 N–H and O–H groups in total. The number of hydrogen-bond donors (Lipinski definition) is 2. The molecule has 1 amide bonds. The SMILES string of the molecule is O=C(CCn1ccc(C(=O)O)n1)Nc1c(F)c(F)c(F)c(F)c1F. The van der Waals surface area contributed by atoms with E-state index in [-0.39, 0.29) is 12.2 Å². The zero-order chi connectivity index (χ0) is 18.0. The number of carbonyl (C=O) groups is 2. The molecule has 6 nitrogen and oxygen atoms in total. The van der Waals surface area contributed by atoms with Crippen molar-refractivity contribution in [2.75, 3.05) is 5.32 Å². The van der Waals surface area contributed by atoms with Gasteiger partial charge in [0, 0.05) is 19.2 Å². The minimum atomic E-state index is -2.33. The molecule has 128 valence electrons. The van der Waals surface area contributed by atoms with Crippen molar-refractivity contribution in [1.29, 1.82) is 0 Å². The van der Waals surface area contributed by atoms with E-state index < -0.39 is 53.1 Å². The largest absolute Gasteiger partial charge is 0.476 e. The molecule has 0 saturated heterocycles. The van der Waals surface area contributed by atoms with Gasteiger partial charge in [-0.3, -0.25) is 9.48 Å². The Morgan fingerprint density at radius 1 is 1.04 bits per heavy atom. The third kappa shape index (κ3) is 3.34. The summed E-state index contributed by atoms with van der Waals surface area (Å²) in [5.41, 5.74) is -1.74. The highest BCUT2D eigenvalue weighted by Gasteiger charge is 2.26. The molecule has 1 aromatic heterocycles. The normalized spacial score (nSPS) is 10.7. The van der Waals surface area contributed by atoms with Gasteiger partial charge in [0.25, 0.3) is 0 Å². The van der Waals surface area contributed by atoms with E-state index in [1.807, 2.05) is 0 Å². The highest BCUT2D eigenvalue weighted by Crippen LogP contribution is 2.27. The number of carboxylic acids is 1. The van der Waals surface area contributed by atoms with Crippen LogP contribution in [0.15, 0.2) is 12.3 Å². The van der Waals surface area contributed by atoms with Crippen LogP contribution < -0.4 is 5.32 Å². The number of hydrogen-bond acceptors (Lipinski definition) is 3. The van der Waals surface area contributed by atoms with Crippen LogP contribution in [0.3, 0.4) is 0 Å². The number of amides is 1. The van der Waals surface area contributed by atoms with Crippen molar-refractivity contribution in [1.82, 2.24) is 9.78 Å². The van der Waals surface area contributed by atoms with Gasteiger partial charge in [0.2, 0.25) is 11.7 Å². The standard InChI is InChI=1S/C13H8F5N3O3/c14-7-8(15)10(17)12(11(18)9(7)16)19-6(22)2-4-21-3-1-5(20-21)13(23)24/h1,3H,2,4H2,(H,19,22)(H,23,24). The average Bonchev–Trinajstić information content (AvgIpc) is 3.02. The Kier molecular flexibility index (Phi) is 4.81. The van der Waals surface area contributed by atoms with Gasteiger partial charge in [-0.2, -0.15) is 5.10 Å². The monoisotopic (exact) mass is 349 g/mol. The van der Waals surface area contributed by atoms with Crippen LogP contribution in [0.2, 0.25) is 0 Å². The van der Waals surface area contributed by atoms with Crippen LogP contribution in [-0.2, 0) is 11.3 Å². The maximum atomic E-state index is 13.4. The summed E-state index contributed by atoms with van der Waals surface area (Å²) in [7, 11) is 0. The lowest BCUT2D eigenvalue weighted by Gasteiger charge is -2.09. The van der Waals surface area contributed by atoms with Crippen molar-refractivity contribution < 1.29 is 36.6 Å². The van der Waals surface area contributed by atoms with Gasteiger partial charge in [-0.25, -0.2) is 26.7 Å². The summed E-state index contributed by atoms with van der Waals surface area (Å²) in [4.78, 5) is 22.2. The fourth-order valence-electron chi connectivity index (χ4n) is 1.73. The van der Waals surface area contributed by atoms with E-state index in [2.05, 4.69) is 5.10 Å². The first kappa shape index (κ1) is 17.4. The minimum Gasteiger partial charge on any atom is -0.476 e. The fraction of sp³-hybridized carbons (Fsp3) is 0.154. The number of anilines is 1. The molecule has 0 aliphatic rings. The van der Waals surface area contributed by atoms with E-state index in [1.165, 1.54) is 6.20 Å². The number of benzene rings is 1. The summed E-state index contributed by atoms with van der Waals surface area (Å²) in [5.74, 6) is -13.4. The maximum Gasteiger partial charge on any atom is 0.356 e. The van der Waals surface area contributed by atoms with E-state index in [1.54, 1.807) is 5.32 Å². The molecule has 11 heteroatoms. The van der Waals surface area contributed by atoms with Gasteiger partial charge >= 0.3 is 5.97 Å². The second kappa shape index (κ2) is 6.64. The van der Waals surface area contributed by atoms with Gasteiger partial charge in [-0.05, 0) is 6.07 Å². The Morgan fingerprint density at radius 2 is 1.58 bits per heavy atom. The first-order valence-corrected chi connectivity index (χ1v) is 6.30. The fourth-order valence-corrected chi connectivity index (χ4v) is 1.73. The third-order valence-electron chi connectivity index (χ3n) is 2.90. The van der Waals surface area contributed by atoms with Crippen LogP contribution in [-0.4, -0.2) is 26.8 Å². The molecule has 1 heterocycles. The van der Waals surface area contributed by atoms with E-state index in [0.717, 1.165) is 10.7 Å². The second-order valence-electron chi connectivity index (χ2n) is 4.51. The summed E-state index contributed by atoms with van der Waals surface area (Å²) in [6.45, 7) is -0.172. The van der Waals surface area contributed by atoms with E-state index in [0.29, 0.717) is 0 Å². The van der Waals surface area contributed by atoms with Crippen LogP contribution in [0, 0.1) is 29.1 Å². The number of aromatic carboxylic acids is 1. The lowest BCUT2D eigenvalue weighted by atomic mass is 10.2. The Morgan fingerprint density at radius 3 is 2.08 bits per heavy atom. The minimum absolute atomic E-state index is 0.172. The van der Waals surface area contributed by atoms with Crippen molar-refractivity contribution >= 4 is 17.6 Å². The number of carboxylic acid groups (broad SMARTS) is 1. The molecule has 2 aromatic rings. The van der Waals surface area contributed by atoms with Crippen molar-refractivity contribution in [2.24, 2.45) is 0 Å². The number of aryl methyl sites for hydroxylation is 1. The molecule has 0 spiro atoms. The number of nitrogens with zero attached hydrogens (tertiary/aromatic N) is 2. The topological polar surface area (TPSA) is 84.2 Å². The molecule has 0 atom stereocenters. The molecule has 0 bridgehead atoms. The van der Waals surface area contributed by atoms with Gasteiger partial charge in [-0.1, -0.05) is 0 Å². The Balaban J connectivity index is 2.09. The molecule has 0 fully saturated rings. The lowest BCUT2D eigenvalue weighted by molar-refractivity contribution is -0.116. The van der Waals surface area contributed by atoms with Crippen molar-refractivity contribution in [3.63, 3.8) is 0 Å². The van der Waals surface area contributed by atoms with Gasteiger partial charge in [0.15, 0.2) is 29.0 Å². The number of halogens is 5. The van der Waals surface area contributed by atoms with E-state index in [4.69, 9.17) is 5.11 Å². The van der Waals surface area contributed by atoms with Crippen molar-refractivity contribution in [2.45, 2.75) is 13.0 Å². The van der Waals surface area contributed by atoms with E-state index >= 15 is 0 Å². The molecule has 0 saturated carbocycles. The van der Waals surface area contributed by atoms with Crippen LogP contribution in [0.5, 0.6) is 0 Å². The van der Waals surface area contributed by atoms with Gasteiger partial charge < -0.3 is 10.4 Å². The molecule has 0 aliphatic heterocycles. The summed E-state index contributed by atoms with van der Waals surface area (Å²) < 4.78 is 66.7. The van der Waals surface area contributed by atoms with Gasteiger partial charge in [-0.15, -0.1) is 0 Å². The Bertz CT molecular complexity index is 792. The highest BCUT2D eigenvalue weighted by atomic mass is 19.2. The lowest BCUT2D eigenvalue weighted by Crippen LogP contribution is -2.18. The molecule has 0 radical (unpaired) electrons. The third-order valence-corrected chi connectivity index (χ3v) is 2.90. The van der Waals surface area contributed by atoms with E-state index in [9.17, 15) is 31.5 Å². The predicted octanol–water partition coefficient (Wildman–Crippen LogP) is 2.31. The summed E-state index contributed by atoms with van der Waals surface area (Å²) in [5, 5.41) is 13.8. The van der Waals surface area contributed by atoms with Crippen molar-refractivity contribution in [3.05, 3.63) is 47.0 Å². The van der Waals surface area contributed by atoms with Crippen LogP contribution in [0.4, 0.5) is 27.6 Å². The highest BCUT2D eigenvalue weighted by molar-refractivity contribution is 5.91. The first-order valence-electron chi connectivity index (χ1n) is 6.30. The van der Waals surface area contributed by atoms with Crippen molar-refractivity contribution in [3.8, 4) is 0 Å². The zero-order valence-electron chi connectivity index (χ0n) is 11.6. The smallest absolute Gasteiger partial charge is 0.356 e. The van der Waals surface area contributed by atoms with Gasteiger partial charge in [0.05, 0.1) is 0 Å².